The van der Waals surface area contributed by atoms with Gasteiger partial charge in [-0.15, -0.1) is 0 Å². The number of unbranched alkanes of at least 4 members (excludes halogenated alkanes) is 1. The average Bonchev–Trinajstić information content (AvgIpc) is 2.19. The van der Waals surface area contributed by atoms with Crippen LogP contribution in [0.1, 0.15) is 37.7 Å². The van der Waals surface area contributed by atoms with Gasteiger partial charge in [0, 0.05) is 5.92 Å². The molecule has 1 aromatic carbocycles. The predicted octanol–water partition coefficient (Wildman–Crippen LogP) is 2.24. The molecule has 0 radical (unpaired) electrons. The normalized spacial score (nSPS) is 15.1. The maximum absolute atomic E-state index is 9.47. The number of benzene rings is 1. The summed E-state index contributed by atoms with van der Waals surface area (Å²) in [5.74, 6) is 0.0798. The second-order valence-corrected chi connectivity index (χ2v) is 3.65. The largest absolute Gasteiger partial charge is 0.378 e. The quantitative estimate of drug-likeness (QED) is 0.704. The molecule has 2 nitrogen and oxygen atoms in total. The smallest absolute Gasteiger partial charge is 0.109 e. The Hall–Kier alpha value is -0.860. The number of hydrogen-bond donors (Lipinski definition) is 2. The van der Waals surface area contributed by atoms with Crippen molar-refractivity contribution in [2.24, 2.45) is 5.73 Å². The Kier molecular flexibility index (Phi) is 4.63. The van der Waals surface area contributed by atoms with Gasteiger partial charge >= 0.3 is 0 Å². The molecule has 0 aliphatic rings. The molecule has 14 heavy (non-hydrogen) atoms. The zero-order valence-electron chi connectivity index (χ0n) is 8.69. The predicted molar refractivity (Wildman–Crippen MR) is 58.9 cm³/mol. The first-order chi connectivity index (χ1) is 6.75. The summed E-state index contributed by atoms with van der Waals surface area (Å²) in [4.78, 5) is 0. The first-order valence-corrected chi connectivity index (χ1v) is 5.24. The minimum Gasteiger partial charge on any atom is -0.378 e. The zero-order valence-corrected chi connectivity index (χ0v) is 8.69. The maximum Gasteiger partial charge on any atom is 0.109 e. The number of rotatable bonds is 5. The molecule has 0 aliphatic heterocycles. The summed E-state index contributed by atoms with van der Waals surface area (Å²) in [5.41, 5.74) is 6.70. The third kappa shape index (κ3) is 3.13. The van der Waals surface area contributed by atoms with Gasteiger partial charge in [-0.25, -0.2) is 0 Å². The van der Waals surface area contributed by atoms with Crippen molar-refractivity contribution in [3.05, 3.63) is 35.9 Å². The van der Waals surface area contributed by atoms with Crippen LogP contribution in [0.2, 0.25) is 0 Å². The van der Waals surface area contributed by atoms with E-state index in [4.69, 9.17) is 5.73 Å². The van der Waals surface area contributed by atoms with Crippen molar-refractivity contribution < 1.29 is 5.11 Å². The Morgan fingerprint density at radius 3 is 2.43 bits per heavy atom. The van der Waals surface area contributed by atoms with E-state index in [1.54, 1.807) is 0 Å². The molecule has 0 bridgehead atoms. The van der Waals surface area contributed by atoms with Crippen molar-refractivity contribution in [3.8, 4) is 0 Å². The first kappa shape index (κ1) is 11.2. The average molecular weight is 193 g/mol. The molecule has 2 heteroatoms. The molecule has 0 saturated carbocycles. The monoisotopic (exact) mass is 193 g/mol. The van der Waals surface area contributed by atoms with E-state index < -0.39 is 6.23 Å². The van der Waals surface area contributed by atoms with Gasteiger partial charge in [-0.05, 0) is 12.0 Å². The van der Waals surface area contributed by atoms with Gasteiger partial charge in [0.05, 0.1) is 0 Å². The summed E-state index contributed by atoms with van der Waals surface area (Å²) >= 11 is 0. The summed E-state index contributed by atoms with van der Waals surface area (Å²) < 4.78 is 0. The Labute approximate surface area is 85.8 Å². The lowest BCUT2D eigenvalue weighted by Gasteiger charge is -2.19. The number of nitrogens with two attached hydrogens (primary N) is 1. The van der Waals surface area contributed by atoms with Crippen LogP contribution in [0.25, 0.3) is 0 Å². The van der Waals surface area contributed by atoms with Gasteiger partial charge in [-0.2, -0.15) is 0 Å². The van der Waals surface area contributed by atoms with Crippen molar-refractivity contribution in [2.45, 2.75) is 38.3 Å². The highest BCUT2D eigenvalue weighted by Crippen LogP contribution is 2.23. The minimum absolute atomic E-state index is 0.0798. The second-order valence-electron chi connectivity index (χ2n) is 3.65. The highest BCUT2D eigenvalue weighted by atomic mass is 16.3. The summed E-state index contributed by atoms with van der Waals surface area (Å²) in [6, 6.07) is 9.99. The van der Waals surface area contributed by atoms with Gasteiger partial charge in [-0.1, -0.05) is 50.1 Å². The number of aliphatic hydroxyl groups excluding tert-OH is 1. The van der Waals surface area contributed by atoms with Crippen LogP contribution in [0.3, 0.4) is 0 Å². The van der Waals surface area contributed by atoms with Crippen LogP contribution in [0, 0.1) is 0 Å². The zero-order chi connectivity index (χ0) is 10.4. The molecule has 0 saturated heterocycles. The molecule has 78 valence electrons. The third-order valence-electron chi connectivity index (χ3n) is 2.51. The van der Waals surface area contributed by atoms with E-state index in [1.165, 1.54) is 0 Å². The van der Waals surface area contributed by atoms with Crippen LogP contribution in [-0.4, -0.2) is 11.3 Å². The van der Waals surface area contributed by atoms with Crippen LogP contribution in [0.4, 0.5) is 0 Å². The number of hydrogen-bond acceptors (Lipinski definition) is 2. The van der Waals surface area contributed by atoms with Crippen LogP contribution in [0.5, 0.6) is 0 Å². The summed E-state index contributed by atoms with van der Waals surface area (Å²) in [6.07, 6.45) is 2.45. The van der Waals surface area contributed by atoms with E-state index in [1.807, 2.05) is 30.3 Å². The van der Waals surface area contributed by atoms with Crippen LogP contribution >= 0.6 is 0 Å². The molecule has 0 heterocycles. The van der Waals surface area contributed by atoms with E-state index in [9.17, 15) is 5.11 Å². The molecule has 0 spiro atoms. The second kappa shape index (κ2) is 5.78. The maximum atomic E-state index is 9.47. The van der Waals surface area contributed by atoms with E-state index in [0.29, 0.717) is 0 Å². The highest BCUT2D eigenvalue weighted by molar-refractivity contribution is 5.20. The molecule has 2 atom stereocenters. The fourth-order valence-corrected chi connectivity index (χ4v) is 1.66. The molecule has 1 aromatic rings. The van der Waals surface area contributed by atoms with Crippen molar-refractivity contribution in [1.82, 2.24) is 0 Å². The summed E-state index contributed by atoms with van der Waals surface area (Å²) in [6.45, 7) is 2.14. The van der Waals surface area contributed by atoms with E-state index >= 15 is 0 Å². The molecular weight excluding hydrogens is 174 g/mol. The molecule has 2 unspecified atom stereocenters. The van der Waals surface area contributed by atoms with Crippen molar-refractivity contribution in [2.75, 3.05) is 0 Å². The third-order valence-corrected chi connectivity index (χ3v) is 2.51. The van der Waals surface area contributed by atoms with Crippen molar-refractivity contribution in [1.29, 1.82) is 0 Å². The van der Waals surface area contributed by atoms with Crippen molar-refractivity contribution >= 4 is 0 Å². The molecule has 1 rings (SSSR count). The molecule has 0 aromatic heterocycles. The van der Waals surface area contributed by atoms with Gasteiger partial charge in [0.25, 0.3) is 0 Å². The Balaban J connectivity index is 2.68. The highest BCUT2D eigenvalue weighted by Gasteiger charge is 2.16. The lowest BCUT2D eigenvalue weighted by atomic mass is 9.92. The lowest BCUT2D eigenvalue weighted by molar-refractivity contribution is 0.144. The van der Waals surface area contributed by atoms with E-state index in [0.717, 1.165) is 24.8 Å². The SMILES string of the molecule is CCCCC(c1ccccc1)C(N)O. The van der Waals surface area contributed by atoms with Gasteiger partial charge in [-0.3, -0.25) is 0 Å². The fourth-order valence-electron chi connectivity index (χ4n) is 1.66. The molecule has 3 N–H and O–H groups in total. The van der Waals surface area contributed by atoms with Crippen molar-refractivity contribution in [3.63, 3.8) is 0 Å². The Morgan fingerprint density at radius 2 is 1.93 bits per heavy atom. The van der Waals surface area contributed by atoms with Gasteiger partial charge < -0.3 is 10.8 Å². The van der Waals surface area contributed by atoms with E-state index in [2.05, 4.69) is 6.92 Å². The molecule has 0 fully saturated rings. The first-order valence-electron chi connectivity index (χ1n) is 5.24. The lowest BCUT2D eigenvalue weighted by Crippen LogP contribution is -2.27. The van der Waals surface area contributed by atoms with Gasteiger partial charge in [0.1, 0.15) is 6.23 Å². The van der Waals surface area contributed by atoms with E-state index in [-0.39, 0.29) is 5.92 Å². The van der Waals surface area contributed by atoms with Crippen LogP contribution < -0.4 is 5.73 Å². The number of aliphatic hydroxyl groups is 1. The van der Waals surface area contributed by atoms with Gasteiger partial charge in [0.2, 0.25) is 0 Å². The van der Waals surface area contributed by atoms with Gasteiger partial charge in [0.15, 0.2) is 0 Å². The fraction of sp³-hybridized carbons (Fsp3) is 0.500. The topological polar surface area (TPSA) is 46.2 Å². The van der Waals surface area contributed by atoms with Crippen LogP contribution in [0.15, 0.2) is 30.3 Å². The summed E-state index contributed by atoms with van der Waals surface area (Å²) in [7, 11) is 0. The molecular formula is C12H19NO. The Morgan fingerprint density at radius 1 is 1.29 bits per heavy atom. The summed E-state index contributed by atoms with van der Waals surface area (Å²) in [5, 5.41) is 9.47. The molecule has 0 aliphatic carbocycles. The standard InChI is InChI=1S/C12H19NO/c1-2-3-9-11(12(13)14)10-7-5-4-6-8-10/h4-8,11-12,14H,2-3,9,13H2,1H3. The Bertz CT molecular complexity index is 246. The van der Waals surface area contributed by atoms with Crippen LogP contribution in [-0.2, 0) is 0 Å². The minimum atomic E-state index is -0.746. The molecule has 0 amide bonds.